The number of carbonyl (C=O) groups excluding carboxylic acids is 1. The Kier molecular flexibility index (Phi) is 5.46. The summed E-state index contributed by atoms with van der Waals surface area (Å²) in [6, 6.07) is 5.09. The van der Waals surface area contributed by atoms with Gasteiger partial charge in [-0.05, 0) is 32.0 Å². The first-order valence-electron chi connectivity index (χ1n) is 9.77. The molecule has 0 bridgehead atoms. The van der Waals surface area contributed by atoms with Gasteiger partial charge in [-0.1, -0.05) is 6.07 Å². The number of nitrogens with zero attached hydrogens (tertiary/aromatic N) is 3. The van der Waals surface area contributed by atoms with Crippen LogP contribution in [0.15, 0.2) is 36.7 Å². The number of rotatable bonds is 6. The van der Waals surface area contributed by atoms with Crippen LogP contribution in [0, 0.1) is 0 Å². The van der Waals surface area contributed by atoms with Crippen LogP contribution in [0.1, 0.15) is 46.7 Å². The predicted octanol–water partition coefficient (Wildman–Crippen LogP) is 3.65. The van der Waals surface area contributed by atoms with E-state index in [1.807, 2.05) is 17.5 Å². The molecule has 9 heteroatoms. The molecule has 4 rings (SSSR count). The van der Waals surface area contributed by atoms with Gasteiger partial charge in [-0.2, -0.15) is 13.2 Å². The summed E-state index contributed by atoms with van der Waals surface area (Å²) in [5.74, 6) is 0.314. The Morgan fingerprint density at radius 3 is 2.83 bits per heavy atom. The lowest BCUT2D eigenvalue weighted by molar-refractivity contribution is -0.141. The predicted molar refractivity (Wildman–Crippen MR) is 104 cm³/mol. The van der Waals surface area contributed by atoms with Gasteiger partial charge in [-0.15, -0.1) is 0 Å². The molecular weight excluding hydrogens is 397 g/mol. The zero-order valence-electron chi connectivity index (χ0n) is 16.4. The summed E-state index contributed by atoms with van der Waals surface area (Å²) in [4.78, 5) is 20.9. The highest BCUT2D eigenvalue weighted by molar-refractivity contribution is 5.96. The van der Waals surface area contributed by atoms with E-state index < -0.39 is 17.7 Å². The Morgan fingerprint density at radius 2 is 2.13 bits per heavy atom. The van der Waals surface area contributed by atoms with E-state index in [4.69, 9.17) is 4.74 Å². The van der Waals surface area contributed by atoms with Gasteiger partial charge in [-0.25, -0.2) is 9.97 Å². The molecule has 1 saturated heterocycles. The SMILES string of the molecule is CCOc1cc2nc(C3CCNC3)cn2cc1CC(=O)c1cccc(C(F)(F)F)n1. The molecule has 1 aliphatic heterocycles. The monoisotopic (exact) mass is 418 g/mol. The summed E-state index contributed by atoms with van der Waals surface area (Å²) in [5, 5.41) is 3.31. The molecule has 1 atom stereocenters. The topological polar surface area (TPSA) is 68.5 Å². The third kappa shape index (κ3) is 4.16. The van der Waals surface area contributed by atoms with E-state index in [-0.39, 0.29) is 12.1 Å². The second-order valence-corrected chi connectivity index (χ2v) is 7.22. The van der Waals surface area contributed by atoms with Crippen molar-refractivity contribution in [3.8, 4) is 5.75 Å². The third-order valence-electron chi connectivity index (χ3n) is 5.11. The summed E-state index contributed by atoms with van der Waals surface area (Å²) < 4.78 is 46.3. The Bertz CT molecular complexity index is 1070. The molecule has 1 unspecified atom stereocenters. The van der Waals surface area contributed by atoms with Crippen LogP contribution >= 0.6 is 0 Å². The van der Waals surface area contributed by atoms with Gasteiger partial charge in [0.1, 0.15) is 22.8 Å². The number of fused-ring (bicyclic) bond motifs is 1. The highest BCUT2D eigenvalue weighted by Crippen LogP contribution is 2.29. The molecule has 158 valence electrons. The van der Waals surface area contributed by atoms with E-state index in [1.165, 1.54) is 12.1 Å². The molecule has 30 heavy (non-hydrogen) atoms. The zero-order chi connectivity index (χ0) is 21.3. The fourth-order valence-corrected chi connectivity index (χ4v) is 3.62. The third-order valence-corrected chi connectivity index (χ3v) is 5.11. The molecule has 4 heterocycles. The summed E-state index contributed by atoms with van der Waals surface area (Å²) in [6.07, 6.45) is -0.0369. The second kappa shape index (κ2) is 8.06. The maximum atomic E-state index is 12.9. The molecule has 0 aromatic carbocycles. The molecule has 0 amide bonds. The van der Waals surface area contributed by atoms with Crippen molar-refractivity contribution in [2.24, 2.45) is 0 Å². The number of ether oxygens (including phenoxy) is 1. The summed E-state index contributed by atoms with van der Waals surface area (Å²) in [7, 11) is 0. The number of imidazole rings is 1. The van der Waals surface area contributed by atoms with Crippen LogP contribution in [-0.4, -0.2) is 39.8 Å². The first-order chi connectivity index (χ1) is 14.3. The van der Waals surface area contributed by atoms with Crippen LogP contribution in [0.5, 0.6) is 5.75 Å². The quantitative estimate of drug-likeness (QED) is 0.619. The molecule has 6 nitrogen and oxygen atoms in total. The average Bonchev–Trinajstić information content (AvgIpc) is 3.37. The van der Waals surface area contributed by atoms with Crippen LogP contribution in [0.4, 0.5) is 13.2 Å². The van der Waals surface area contributed by atoms with Crippen molar-refractivity contribution >= 4 is 11.4 Å². The molecule has 1 fully saturated rings. The number of alkyl halides is 3. The number of pyridine rings is 2. The number of hydrogen-bond donors (Lipinski definition) is 1. The lowest BCUT2D eigenvalue weighted by Gasteiger charge is -2.11. The molecule has 3 aromatic heterocycles. The maximum absolute atomic E-state index is 12.9. The van der Waals surface area contributed by atoms with E-state index in [0.29, 0.717) is 29.5 Å². The summed E-state index contributed by atoms with van der Waals surface area (Å²) in [5.41, 5.74) is 0.926. The number of carbonyl (C=O) groups is 1. The average molecular weight is 418 g/mol. The van der Waals surface area contributed by atoms with Gasteiger partial charge >= 0.3 is 6.18 Å². The fraction of sp³-hybridized carbons (Fsp3) is 0.381. The number of aromatic nitrogens is 3. The lowest BCUT2D eigenvalue weighted by atomic mass is 10.1. The summed E-state index contributed by atoms with van der Waals surface area (Å²) in [6.45, 7) is 4.03. The number of halogens is 3. The first kappa shape index (κ1) is 20.3. The van der Waals surface area contributed by atoms with Crippen LogP contribution in [0.3, 0.4) is 0 Å². The van der Waals surface area contributed by atoms with E-state index in [2.05, 4.69) is 15.3 Å². The van der Waals surface area contributed by atoms with Crippen LogP contribution in [0.25, 0.3) is 5.65 Å². The van der Waals surface area contributed by atoms with Gasteiger partial charge in [-0.3, -0.25) is 4.79 Å². The standard InChI is InChI=1S/C21H21F3N4O2/c1-2-30-18-9-20-27-16(13-6-7-25-10-13)12-28(20)11-14(18)8-17(29)15-4-3-5-19(26-15)21(22,23)24/h3-5,9,11-13,25H,2,6-8,10H2,1H3. The second-order valence-electron chi connectivity index (χ2n) is 7.22. The molecule has 1 aliphatic rings. The van der Waals surface area contributed by atoms with Crippen LogP contribution < -0.4 is 10.1 Å². The van der Waals surface area contributed by atoms with Gasteiger partial charge in [0, 0.05) is 42.9 Å². The van der Waals surface area contributed by atoms with Crippen molar-refractivity contribution in [2.45, 2.75) is 31.9 Å². The minimum Gasteiger partial charge on any atom is -0.493 e. The number of nitrogens with one attached hydrogen (secondary N) is 1. The summed E-state index contributed by atoms with van der Waals surface area (Å²) >= 11 is 0. The van der Waals surface area contributed by atoms with Crippen molar-refractivity contribution in [3.05, 3.63) is 59.3 Å². The number of ketones is 1. The Morgan fingerprint density at radius 1 is 1.30 bits per heavy atom. The highest BCUT2D eigenvalue weighted by Gasteiger charge is 2.33. The Hall–Kier alpha value is -2.94. The van der Waals surface area contributed by atoms with Crippen molar-refractivity contribution in [2.75, 3.05) is 19.7 Å². The Balaban J connectivity index is 1.65. The van der Waals surface area contributed by atoms with Gasteiger partial charge in [0.15, 0.2) is 5.78 Å². The van der Waals surface area contributed by atoms with Crippen LogP contribution in [-0.2, 0) is 12.6 Å². The van der Waals surface area contributed by atoms with E-state index in [9.17, 15) is 18.0 Å². The molecule has 1 N–H and O–H groups in total. The van der Waals surface area contributed by atoms with Gasteiger partial charge in [0.05, 0.1) is 12.3 Å². The maximum Gasteiger partial charge on any atom is 0.433 e. The minimum absolute atomic E-state index is 0.127. The molecular formula is C21H21F3N4O2. The van der Waals surface area contributed by atoms with Gasteiger partial charge in [0.2, 0.25) is 0 Å². The van der Waals surface area contributed by atoms with Crippen molar-refractivity contribution in [3.63, 3.8) is 0 Å². The van der Waals surface area contributed by atoms with Crippen LogP contribution in [0.2, 0.25) is 0 Å². The fourth-order valence-electron chi connectivity index (χ4n) is 3.62. The Labute approximate surface area is 171 Å². The van der Waals surface area contributed by atoms with Crippen molar-refractivity contribution < 1.29 is 22.7 Å². The smallest absolute Gasteiger partial charge is 0.433 e. The largest absolute Gasteiger partial charge is 0.493 e. The van der Waals surface area contributed by atoms with Crippen molar-refractivity contribution in [1.82, 2.24) is 19.7 Å². The molecule has 0 saturated carbocycles. The minimum atomic E-state index is -4.60. The number of hydrogen-bond acceptors (Lipinski definition) is 5. The van der Waals surface area contributed by atoms with Crippen molar-refractivity contribution in [1.29, 1.82) is 0 Å². The lowest BCUT2D eigenvalue weighted by Crippen LogP contribution is -2.13. The zero-order valence-corrected chi connectivity index (χ0v) is 16.4. The van der Waals surface area contributed by atoms with Gasteiger partial charge < -0.3 is 14.5 Å². The normalized spacial score (nSPS) is 16.9. The molecule has 0 radical (unpaired) electrons. The van der Waals surface area contributed by atoms with Gasteiger partial charge in [0.25, 0.3) is 0 Å². The molecule has 0 spiro atoms. The van der Waals surface area contributed by atoms with E-state index >= 15 is 0 Å². The van der Waals surface area contributed by atoms with E-state index in [0.717, 1.165) is 31.3 Å². The number of Topliss-reactive ketones (excluding diaryl/α,β-unsaturated/α-hetero) is 1. The first-order valence-corrected chi connectivity index (χ1v) is 9.77. The molecule has 0 aliphatic carbocycles. The molecule has 3 aromatic rings. The highest BCUT2D eigenvalue weighted by atomic mass is 19.4. The van der Waals surface area contributed by atoms with E-state index in [1.54, 1.807) is 12.3 Å².